The molecule has 1 aliphatic rings. The van der Waals surface area contributed by atoms with Crippen molar-refractivity contribution in [3.63, 3.8) is 0 Å². The molecule has 5 nitrogen and oxygen atoms in total. The number of aryl methyl sites for hydroxylation is 1. The molecular weight excluding hydrogens is 368 g/mol. The fraction of sp³-hybridized carbons (Fsp3) is 0.583. The van der Waals surface area contributed by atoms with Crippen LogP contribution in [0.1, 0.15) is 63.0 Å². The number of aliphatic hydroxyl groups is 2. The minimum Gasteiger partial charge on any atom is -0.481 e. The van der Waals surface area contributed by atoms with Crippen molar-refractivity contribution < 1.29 is 24.9 Å². The van der Waals surface area contributed by atoms with Gasteiger partial charge in [-0.15, -0.1) is 0 Å². The summed E-state index contributed by atoms with van der Waals surface area (Å²) in [7, 11) is 0. The second kappa shape index (κ2) is 11.9. The molecule has 4 atom stereocenters. The number of hydrogen-bond acceptors (Lipinski definition) is 4. The molecule has 0 aromatic heterocycles. The first-order valence-corrected chi connectivity index (χ1v) is 10.8. The van der Waals surface area contributed by atoms with Crippen molar-refractivity contribution in [2.24, 2.45) is 11.8 Å². The lowest BCUT2D eigenvalue weighted by molar-refractivity contribution is -0.137. The Hall–Kier alpha value is -1.98. The molecule has 0 bridgehead atoms. The van der Waals surface area contributed by atoms with Gasteiger partial charge in [0.25, 0.3) is 0 Å². The van der Waals surface area contributed by atoms with E-state index >= 15 is 0 Å². The third kappa shape index (κ3) is 7.41. The molecule has 0 spiro atoms. The summed E-state index contributed by atoms with van der Waals surface area (Å²) in [5.74, 6) is -1.37. The molecule has 2 rings (SSSR count). The van der Waals surface area contributed by atoms with Crippen molar-refractivity contribution in [2.45, 2.75) is 76.9 Å². The molecule has 1 fully saturated rings. The smallest absolute Gasteiger partial charge is 0.303 e. The van der Waals surface area contributed by atoms with Crippen molar-refractivity contribution >= 4 is 11.8 Å². The molecule has 0 radical (unpaired) electrons. The first-order chi connectivity index (χ1) is 13.9. The van der Waals surface area contributed by atoms with Crippen molar-refractivity contribution in [3.05, 3.63) is 47.5 Å². The van der Waals surface area contributed by atoms with Crippen LogP contribution in [0.25, 0.3) is 0 Å². The predicted molar refractivity (Wildman–Crippen MR) is 113 cm³/mol. The predicted octanol–water partition coefficient (Wildman–Crippen LogP) is 3.70. The van der Waals surface area contributed by atoms with Crippen LogP contribution in [0, 0.1) is 11.8 Å². The van der Waals surface area contributed by atoms with E-state index in [1.165, 1.54) is 0 Å². The van der Waals surface area contributed by atoms with Crippen molar-refractivity contribution in [3.8, 4) is 0 Å². The summed E-state index contributed by atoms with van der Waals surface area (Å²) in [6.45, 7) is 2.12. The number of carboxylic acids is 1. The second-order valence-corrected chi connectivity index (χ2v) is 8.09. The lowest BCUT2D eigenvalue weighted by atomic mass is 9.85. The average molecular weight is 403 g/mol. The van der Waals surface area contributed by atoms with Gasteiger partial charge in [-0.3, -0.25) is 9.59 Å². The van der Waals surface area contributed by atoms with Crippen LogP contribution in [0.4, 0.5) is 0 Å². The van der Waals surface area contributed by atoms with Gasteiger partial charge in [0.1, 0.15) is 5.78 Å². The van der Waals surface area contributed by atoms with Crippen LogP contribution in [-0.4, -0.2) is 39.3 Å². The quantitative estimate of drug-likeness (QED) is 0.366. The average Bonchev–Trinajstić information content (AvgIpc) is 2.94. The Kier molecular flexibility index (Phi) is 9.55. The monoisotopic (exact) mass is 402 g/mol. The molecule has 160 valence electrons. The molecule has 0 aliphatic heterocycles. The van der Waals surface area contributed by atoms with E-state index in [-0.39, 0.29) is 30.5 Å². The Labute approximate surface area is 173 Å². The van der Waals surface area contributed by atoms with Crippen LogP contribution in [0.2, 0.25) is 0 Å². The van der Waals surface area contributed by atoms with E-state index < -0.39 is 18.2 Å². The Morgan fingerprint density at radius 1 is 1.21 bits per heavy atom. The molecule has 0 heterocycles. The number of ketones is 1. The topological polar surface area (TPSA) is 94.8 Å². The minimum atomic E-state index is -0.806. The third-order valence-corrected chi connectivity index (χ3v) is 5.79. The van der Waals surface area contributed by atoms with E-state index in [1.54, 1.807) is 6.08 Å². The van der Waals surface area contributed by atoms with Gasteiger partial charge in [0.05, 0.1) is 12.2 Å². The number of rotatable bonds is 12. The van der Waals surface area contributed by atoms with Crippen LogP contribution in [0.5, 0.6) is 0 Å². The summed E-state index contributed by atoms with van der Waals surface area (Å²) in [4.78, 5) is 23.3. The zero-order valence-electron chi connectivity index (χ0n) is 17.3. The van der Waals surface area contributed by atoms with Crippen LogP contribution in [0.3, 0.4) is 0 Å². The van der Waals surface area contributed by atoms with Crippen molar-refractivity contribution in [1.82, 2.24) is 0 Å². The van der Waals surface area contributed by atoms with Crippen molar-refractivity contribution in [1.29, 1.82) is 0 Å². The number of aliphatic hydroxyl groups excluding tert-OH is 2. The molecule has 5 heteroatoms. The standard InChI is InChI=1S/C24H34O5/c1-2-3-4-11-19(25)13-14-20-21(23(27)16-22(20)26)15-18-9-6-5-8-17(18)10-7-12-24(28)29/h5-6,8-9,13-14,19-22,25-26H,2-4,7,10-12,15-16H2,1H3,(H,28,29)/t19-,20-,21+,22+/m0/s1. The highest BCUT2D eigenvalue weighted by Crippen LogP contribution is 2.34. The Bertz CT molecular complexity index is 696. The number of benzene rings is 1. The molecule has 0 unspecified atom stereocenters. The summed E-state index contributed by atoms with van der Waals surface area (Å²) in [6, 6.07) is 7.81. The van der Waals surface area contributed by atoms with Crippen LogP contribution >= 0.6 is 0 Å². The van der Waals surface area contributed by atoms with E-state index in [9.17, 15) is 19.8 Å². The largest absolute Gasteiger partial charge is 0.481 e. The van der Waals surface area contributed by atoms with E-state index in [1.807, 2.05) is 30.3 Å². The Morgan fingerprint density at radius 3 is 2.62 bits per heavy atom. The number of aliphatic carboxylic acids is 1. The van der Waals surface area contributed by atoms with Gasteiger partial charge < -0.3 is 15.3 Å². The first-order valence-electron chi connectivity index (χ1n) is 10.8. The third-order valence-electron chi connectivity index (χ3n) is 5.79. The molecular formula is C24H34O5. The van der Waals surface area contributed by atoms with E-state index in [0.29, 0.717) is 25.7 Å². The fourth-order valence-corrected chi connectivity index (χ4v) is 4.11. The van der Waals surface area contributed by atoms with Crippen LogP contribution < -0.4 is 0 Å². The van der Waals surface area contributed by atoms with Gasteiger partial charge in [-0.2, -0.15) is 0 Å². The lowest BCUT2D eigenvalue weighted by Gasteiger charge is -2.20. The maximum Gasteiger partial charge on any atom is 0.303 e. The highest BCUT2D eigenvalue weighted by atomic mass is 16.4. The molecule has 1 aliphatic carbocycles. The van der Waals surface area contributed by atoms with Gasteiger partial charge in [0.15, 0.2) is 0 Å². The minimum absolute atomic E-state index is 0.0490. The Balaban J connectivity index is 2.05. The number of Topliss-reactive ketones (excluding diaryl/α,β-unsaturated/α-hetero) is 1. The van der Waals surface area contributed by atoms with Gasteiger partial charge in [-0.05, 0) is 36.8 Å². The first kappa shape index (κ1) is 23.3. The van der Waals surface area contributed by atoms with E-state index in [0.717, 1.165) is 30.4 Å². The molecule has 0 amide bonds. The van der Waals surface area contributed by atoms with Gasteiger partial charge in [-0.25, -0.2) is 0 Å². The van der Waals surface area contributed by atoms with Gasteiger partial charge in [0.2, 0.25) is 0 Å². The zero-order valence-corrected chi connectivity index (χ0v) is 17.3. The molecule has 3 N–H and O–H groups in total. The van der Waals surface area contributed by atoms with Gasteiger partial charge in [0, 0.05) is 24.7 Å². The molecule has 0 saturated heterocycles. The van der Waals surface area contributed by atoms with Crippen LogP contribution in [-0.2, 0) is 22.4 Å². The SMILES string of the molecule is CCCCC[C@H](O)C=C[C@@H]1[C@H](O)CC(=O)[C@@H]1Cc1ccccc1CCCC(=O)O. The highest BCUT2D eigenvalue weighted by Gasteiger charge is 2.40. The number of carboxylic acid groups (broad SMARTS) is 1. The number of carbonyl (C=O) groups is 2. The van der Waals surface area contributed by atoms with Gasteiger partial charge in [-0.1, -0.05) is 62.6 Å². The lowest BCUT2D eigenvalue weighted by Crippen LogP contribution is -2.21. The zero-order chi connectivity index (χ0) is 21.2. The maximum atomic E-state index is 12.5. The summed E-state index contributed by atoms with van der Waals surface area (Å²) in [5, 5.41) is 29.4. The highest BCUT2D eigenvalue weighted by molar-refractivity contribution is 5.85. The summed E-state index contributed by atoms with van der Waals surface area (Å²) in [6.07, 6.45) is 8.13. The Morgan fingerprint density at radius 2 is 1.93 bits per heavy atom. The van der Waals surface area contributed by atoms with E-state index in [4.69, 9.17) is 5.11 Å². The number of carbonyl (C=O) groups excluding carboxylic acids is 1. The normalized spacial score (nSPS) is 23.0. The molecule has 1 saturated carbocycles. The summed E-state index contributed by atoms with van der Waals surface area (Å²) >= 11 is 0. The number of unbranched alkanes of at least 4 members (excludes halogenated alkanes) is 2. The molecule has 1 aromatic carbocycles. The van der Waals surface area contributed by atoms with Gasteiger partial charge >= 0.3 is 5.97 Å². The van der Waals surface area contributed by atoms with Crippen LogP contribution in [0.15, 0.2) is 36.4 Å². The van der Waals surface area contributed by atoms with E-state index in [2.05, 4.69) is 6.92 Å². The summed E-state index contributed by atoms with van der Waals surface area (Å²) in [5.41, 5.74) is 2.09. The molecule has 29 heavy (non-hydrogen) atoms. The maximum absolute atomic E-state index is 12.5. The fourth-order valence-electron chi connectivity index (χ4n) is 4.11. The van der Waals surface area contributed by atoms with Crippen molar-refractivity contribution in [2.75, 3.05) is 0 Å². The summed E-state index contributed by atoms with van der Waals surface area (Å²) < 4.78 is 0. The molecule has 1 aromatic rings. The number of hydrogen-bond donors (Lipinski definition) is 3. The second-order valence-electron chi connectivity index (χ2n) is 8.09.